The standard InChI is InChI=1S/C18H34O/c1-9-13-15(17(5,6)11-3)19-16(14-10-2)18(7,8)12-4/h13-14H,9-12H2,1-8H3/b15-13+,16-14+. The molecule has 0 fully saturated rings. The molecule has 0 aliphatic heterocycles. The maximum atomic E-state index is 6.36. The van der Waals surface area contributed by atoms with Gasteiger partial charge in [-0.05, 0) is 37.8 Å². The summed E-state index contributed by atoms with van der Waals surface area (Å²) in [7, 11) is 0. The van der Waals surface area contributed by atoms with E-state index in [-0.39, 0.29) is 10.8 Å². The number of hydrogen-bond donors (Lipinski definition) is 0. The Bertz CT molecular complexity index is 287. The number of rotatable bonds is 8. The molecule has 0 amide bonds. The maximum absolute atomic E-state index is 6.36. The van der Waals surface area contributed by atoms with Gasteiger partial charge in [0.05, 0.1) is 0 Å². The zero-order chi connectivity index (χ0) is 15.1. The van der Waals surface area contributed by atoms with Crippen molar-refractivity contribution >= 4 is 0 Å². The van der Waals surface area contributed by atoms with Gasteiger partial charge in [-0.3, -0.25) is 0 Å². The molecule has 0 unspecified atom stereocenters. The van der Waals surface area contributed by atoms with E-state index in [0.29, 0.717) is 0 Å². The van der Waals surface area contributed by atoms with Gasteiger partial charge in [-0.25, -0.2) is 0 Å². The van der Waals surface area contributed by atoms with Crippen molar-refractivity contribution in [2.75, 3.05) is 0 Å². The molecule has 0 aromatic rings. The van der Waals surface area contributed by atoms with Crippen molar-refractivity contribution in [3.05, 3.63) is 23.7 Å². The van der Waals surface area contributed by atoms with Crippen molar-refractivity contribution in [3.63, 3.8) is 0 Å². The summed E-state index contributed by atoms with van der Waals surface area (Å²) in [5, 5.41) is 0. The second kappa shape index (κ2) is 7.77. The first-order valence-corrected chi connectivity index (χ1v) is 7.84. The Morgan fingerprint density at radius 3 is 1.26 bits per heavy atom. The molecule has 0 saturated heterocycles. The van der Waals surface area contributed by atoms with E-state index < -0.39 is 0 Å². The van der Waals surface area contributed by atoms with Crippen molar-refractivity contribution in [1.29, 1.82) is 0 Å². The molecular formula is C18H34O. The topological polar surface area (TPSA) is 9.23 Å². The van der Waals surface area contributed by atoms with E-state index in [4.69, 9.17) is 4.74 Å². The number of hydrogen-bond acceptors (Lipinski definition) is 1. The summed E-state index contributed by atoms with van der Waals surface area (Å²) in [5.74, 6) is 2.25. The van der Waals surface area contributed by atoms with Crippen LogP contribution in [0.25, 0.3) is 0 Å². The molecule has 112 valence electrons. The minimum atomic E-state index is 0.104. The molecule has 0 rings (SSSR count). The first kappa shape index (κ1) is 18.3. The lowest BCUT2D eigenvalue weighted by atomic mass is 9.85. The van der Waals surface area contributed by atoms with E-state index in [0.717, 1.165) is 37.2 Å². The van der Waals surface area contributed by atoms with Gasteiger partial charge >= 0.3 is 0 Å². The van der Waals surface area contributed by atoms with E-state index >= 15 is 0 Å². The SMILES string of the molecule is CC/C=C(/O/C(=C/CC)C(C)(C)CC)C(C)(C)CC. The Labute approximate surface area is 121 Å². The van der Waals surface area contributed by atoms with Crippen LogP contribution in [0.15, 0.2) is 23.7 Å². The fourth-order valence-electron chi connectivity index (χ4n) is 1.75. The molecule has 0 N–H and O–H groups in total. The summed E-state index contributed by atoms with van der Waals surface area (Å²) in [6.07, 6.45) is 8.68. The summed E-state index contributed by atoms with van der Waals surface area (Å²) < 4.78 is 6.36. The van der Waals surface area contributed by atoms with Gasteiger partial charge in [-0.1, -0.05) is 55.4 Å². The van der Waals surface area contributed by atoms with Gasteiger partial charge in [0.15, 0.2) is 0 Å². The third-order valence-corrected chi connectivity index (χ3v) is 4.10. The maximum Gasteiger partial charge on any atom is 0.105 e. The third-order valence-electron chi connectivity index (χ3n) is 4.10. The van der Waals surface area contributed by atoms with Gasteiger partial charge in [-0.15, -0.1) is 0 Å². The molecule has 0 aromatic carbocycles. The van der Waals surface area contributed by atoms with Gasteiger partial charge in [-0.2, -0.15) is 0 Å². The van der Waals surface area contributed by atoms with Crippen LogP contribution in [0, 0.1) is 10.8 Å². The Morgan fingerprint density at radius 2 is 1.05 bits per heavy atom. The summed E-state index contributed by atoms with van der Waals surface area (Å²) in [6, 6.07) is 0. The highest BCUT2D eigenvalue weighted by Gasteiger charge is 2.28. The fraction of sp³-hybridized carbons (Fsp3) is 0.778. The first-order chi connectivity index (χ1) is 8.75. The van der Waals surface area contributed by atoms with Gasteiger partial charge in [0.2, 0.25) is 0 Å². The van der Waals surface area contributed by atoms with Crippen molar-refractivity contribution in [1.82, 2.24) is 0 Å². The van der Waals surface area contributed by atoms with Crippen LogP contribution >= 0.6 is 0 Å². The first-order valence-electron chi connectivity index (χ1n) is 7.84. The molecule has 0 aliphatic rings. The van der Waals surface area contributed by atoms with Gasteiger partial charge in [0, 0.05) is 10.8 Å². The average Bonchev–Trinajstić information content (AvgIpc) is 2.37. The molecule has 0 radical (unpaired) electrons. The van der Waals surface area contributed by atoms with Crippen LogP contribution in [0.4, 0.5) is 0 Å². The van der Waals surface area contributed by atoms with E-state index in [1.54, 1.807) is 0 Å². The molecule has 0 saturated carbocycles. The summed E-state index contributed by atoms with van der Waals surface area (Å²) in [5.41, 5.74) is 0.208. The van der Waals surface area contributed by atoms with Gasteiger partial charge < -0.3 is 4.74 Å². The van der Waals surface area contributed by atoms with E-state index in [9.17, 15) is 0 Å². The van der Waals surface area contributed by atoms with Crippen LogP contribution in [0.2, 0.25) is 0 Å². The molecule has 1 nitrogen and oxygen atoms in total. The predicted molar refractivity (Wildman–Crippen MR) is 86.0 cm³/mol. The highest BCUT2D eigenvalue weighted by atomic mass is 16.5. The molecule has 19 heavy (non-hydrogen) atoms. The molecule has 0 heterocycles. The van der Waals surface area contributed by atoms with Crippen molar-refractivity contribution in [2.24, 2.45) is 10.8 Å². The normalized spacial score (nSPS) is 14.7. The van der Waals surface area contributed by atoms with Crippen LogP contribution in [-0.4, -0.2) is 0 Å². The highest BCUT2D eigenvalue weighted by Crippen LogP contribution is 2.38. The second-order valence-electron chi connectivity index (χ2n) is 6.53. The van der Waals surface area contributed by atoms with Crippen LogP contribution in [0.3, 0.4) is 0 Å². The molecule has 0 bridgehead atoms. The van der Waals surface area contributed by atoms with Gasteiger partial charge in [0.25, 0.3) is 0 Å². The van der Waals surface area contributed by atoms with Crippen molar-refractivity contribution < 1.29 is 4.74 Å². The van der Waals surface area contributed by atoms with Gasteiger partial charge in [0.1, 0.15) is 11.5 Å². The molecule has 0 aliphatic carbocycles. The smallest absolute Gasteiger partial charge is 0.105 e. The predicted octanol–water partition coefficient (Wildman–Crippen LogP) is 6.46. The highest BCUT2D eigenvalue weighted by molar-refractivity contribution is 5.13. The third kappa shape index (κ3) is 5.42. The Kier molecular flexibility index (Phi) is 7.47. The Morgan fingerprint density at radius 1 is 0.737 bits per heavy atom. The zero-order valence-corrected chi connectivity index (χ0v) is 14.4. The summed E-state index contributed by atoms with van der Waals surface area (Å²) >= 11 is 0. The lowest BCUT2D eigenvalue weighted by molar-refractivity contribution is 0.142. The van der Waals surface area contributed by atoms with E-state index in [1.165, 1.54) is 0 Å². The molecule has 0 aromatic heterocycles. The van der Waals surface area contributed by atoms with Crippen LogP contribution in [-0.2, 0) is 4.74 Å². The summed E-state index contributed by atoms with van der Waals surface area (Å²) in [6.45, 7) is 17.8. The molecule has 1 heteroatoms. The Hall–Kier alpha value is -0.720. The van der Waals surface area contributed by atoms with E-state index in [1.807, 2.05) is 0 Å². The monoisotopic (exact) mass is 266 g/mol. The van der Waals surface area contributed by atoms with Crippen molar-refractivity contribution in [2.45, 2.75) is 81.1 Å². The number of ether oxygens (including phenoxy) is 1. The lowest BCUT2D eigenvalue weighted by Gasteiger charge is -2.33. The lowest BCUT2D eigenvalue weighted by Crippen LogP contribution is -2.22. The largest absolute Gasteiger partial charge is 0.466 e. The minimum Gasteiger partial charge on any atom is -0.466 e. The second-order valence-corrected chi connectivity index (χ2v) is 6.53. The number of allylic oxidation sites excluding steroid dienone is 4. The molecular weight excluding hydrogens is 232 g/mol. The van der Waals surface area contributed by atoms with E-state index in [2.05, 4.69) is 67.5 Å². The minimum absolute atomic E-state index is 0.104. The van der Waals surface area contributed by atoms with Crippen LogP contribution in [0.1, 0.15) is 81.1 Å². The molecule has 0 atom stereocenters. The summed E-state index contributed by atoms with van der Waals surface area (Å²) in [4.78, 5) is 0. The average molecular weight is 266 g/mol. The fourth-order valence-corrected chi connectivity index (χ4v) is 1.75. The zero-order valence-electron chi connectivity index (χ0n) is 14.4. The Balaban J connectivity index is 5.32. The van der Waals surface area contributed by atoms with Crippen LogP contribution < -0.4 is 0 Å². The molecule has 0 spiro atoms. The quantitative estimate of drug-likeness (QED) is 0.458. The van der Waals surface area contributed by atoms with Crippen LogP contribution in [0.5, 0.6) is 0 Å². The van der Waals surface area contributed by atoms with Crippen molar-refractivity contribution in [3.8, 4) is 0 Å².